The molecule has 0 fully saturated rings. The van der Waals surface area contributed by atoms with Crippen LogP contribution in [-0.4, -0.2) is 15.3 Å². The SMILES string of the molecule is Cc1[nH]ncc1Oc1ccc(O)cc1. The number of nitrogens with zero attached hydrogens (tertiary/aromatic N) is 1. The molecule has 2 aromatic rings. The maximum atomic E-state index is 9.06. The maximum absolute atomic E-state index is 9.06. The summed E-state index contributed by atoms with van der Waals surface area (Å²) in [6, 6.07) is 6.54. The van der Waals surface area contributed by atoms with Gasteiger partial charge in [0.25, 0.3) is 0 Å². The number of rotatable bonds is 2. The van der Waals surface area contributed by atoms with Crippen molar-refractivity contribution in [3.8, 4) is 17.2 Å². The second-order valence-corrected chi connectivity index (χ2v) is 2.96. The van der Waals surface area contributed by atoms with Crippen LogP contribution < -0.4 is 4.74 Å². The van der Waals surface area contributed by atoms with E-state index < -0.39 is 0 Å². The first-order valence-corrected chi connectivity index (χ1v) is 4.22. The predicted molar refractivity (Wildman–Crippen MR) is 51.5 cm³/mol. The molecule has 1 aromatic carbocycles. The third kappa shape index (κ3) is 1.69. The highest BCUT2D eigenvalue weighted by molar-refractivity contribution is 5.35. The van der Waals surface area contributed by atoms with Gasteiger partial charge >= 0.3 is 0 Å². The Bertz CT molecular complexity index is 420. The van der Waals surface area contributed by atoms with Gasteiger partial charge < -0.3 is 9.84 Å². The number of phenols is 1. The first kappa shape index (κ1) is 8.62. The molecule has 14 heavy (non-hydrogen) atoms. The van der Waals surface area contributed by atoms with Crippen LogP contribution in [0.25, 0.3) is 0 Å². The van der Waals surface area contributed by atoms with Crippen LogP contribution in [-0.2, 0) is 0 Å². The highest BCUT2D eigenvalue weighted by Crippen LogP contribution is 2.24. The maximum Gasteiger partial charge on any atom is 0.167 e. The van der Waals surface area contributed by atoms with E-state index in [1.54, 1.807) is 30.5 Å². The van der Waals surface area contributed by atoms with E-state index in [0.29, 0.717) is 11.5 Å². The lowest BCUT2D eigenvalue weighted by atomic mass is 10.3. The number of benzene rings is 1. The summed E-state index contributed by atoms with van der Waals surface area (Å²) in [7, 11) is 0. The van der Waals surface area contributed by atoms with E-state index in [1.165, 1.54) is 0 Å². The zero-order valence-electron chi connectivity index (χ0n) is 7.69. The summed E-state index contributed by atoms with van der Waals surface area (Å²) in [6.45, 7) is 1.88. The van der Waals surface area contributed by atoms with Crippen molar-refractivity contribution in [3.05, 3.63) is 36.2 Å². The molecule has 4 heteroatoms. The Labute approximate surface area is 81.2 Å². The highest BCUT2D eigenvalue weighted by atomic mass is 16.5. The van der Waals surface area contributed by atoms with Gasteiger partial charge in [-0.25, -0.2) is 0 Å². The Morgan fingerprint density at radius 2 is 2.00 bits per heavy atom. The minimum Gasteiger partial charge on any atom is -0.508 e. The van der Waals surface area contributed by atoms with Crippen molar-refractivity contribution < 1.29 is 9.84 Å². The monoisotopic (exact) mass is 190 g/mol. The number of hydrogen-bond acceptors (Lipinski definition) is 3. The first-order valence-electron chi connectivity index (χ1n) is 4.22. The first-order chi connectivity index (χ1) is 6.75. The Hall–Kier alpha value is -1.97. The van der Waals surface area contributed by atoms with Crippen molar-refractivity contribution in [1.82, 2.24) is 10.2 Å². The normalized spacial score (nSPS) is 10.1. The molecule has 4 nitrogen and oxygen atoms in total. The lowest BCUT2D eigenvalue weighted by molar-refractivity contribution is 0.463. The number of aromatic amines is 1. The van der Waals surface area contributed by atoms with Gasteiger partial charge in [0.1, 0.15) is 11.5 Å². The average Bonchev–Trinajstić information content (AvgIpc) is 2.56. The fourth-order valence-corrected chi connectivity index (χ4v) is 1.08. The highest BCUT2D eigenvalue weighted by Gasteiger charge is 2.02. The molecule has 0 aliphatic rings. The van der Waals surface area contributed by atoms with Gasteiger partial charge in [0.15, 0.2) is 5.75 Å². The van der Waals surface area contributed by atoms with Gasteiger partial charge in [-0.2, -0.15) is 5.10 Å². The van der Waals surface area contributed by atoms with Crippen molar-refractivity contribution >= 4 is 0 Å². The van der Waals surface area contributed by atoms with Gasteiger partial charge in [-0.05, 0) is 31.2 Å². The van der Waals surface area contributed by atoms with E-state index in [9.17, 15) is 0 Å². The zero-order valence-corrected chi connectivity index (χ0v) is 7.69. The van der Waals surface area contributed by atoms with Crippen molar-refractivity contribution in [3.63, 3.8) is 0 Å². The molecule has 0 aliphatic heterocycles. The van der Waals surface area contributed by atoms with Crippen LogP contribution >= 0.6 is 0 Å². The Kier molecular flexibility index (Phi) is 2.10. The molecule has 2 rings (SSSR count). The largest absolute Gasteiger partial charge is 0.508 e. The van der Waals surface area contributed by atoms with Crippen LogP contribution in [0.4, 0.5) is 0 Å². The molecular weight excluding hydrogens is 180 g/mol. The molecule has 1 aromatic heterocycles. The van der Waals surface area contributed by atoms with Gasteiger partial charge in [0, 0.05) is 0 Å². The predicted octanol–water partition coefficient (Wildman–Crippen LogP) is 2.22. The third-order valence-electron chi connectivity index (χ3n) is 1.85. The number of hydrogen-bond donors (Lipinski definition) is 2. The molecule has 0 saturated heterocycles. The van der Waals surface area contributed by atoms with Crippen LogP contribution in [0.15, 0.2) is 30.5 Å². The Morgan fingerprint density at radius 1 is 1.29 bits per heavy atom. The number of phenolic OH excluding ortho intramolecular Hbond substituents is 1. The van der Waals surface area contributed by atoms with Gasteiger partial charge in [0.2, 0.25) is 0 Å². The molecular formula is C10H10N2O2. The number of H-pyrrole nitrogens is 1. The molecule has 0 saturated carbocycles. The summed E-state index contributed by atoms with van der Waals surface area (Å²) in [5.41, 5.74) is 0.873. The Morgan fingerprint density at radius 3 is 2.57 bits per heavy atom. The fourth-order valence-electron chi connectivity index (χ4n) is 1.08. The lowest BCUT2D eigenvalue weighted by Crippen LogP contribution is -1.83. The molecule has 0 atom stereocenters. The summed E-state index contributed by atoms with van der Waals surface area (Å²) in [4.78, 5) is 0. The van der Waals surface area contributed by atoms with E-state index in [2.05, 4.69) is 10.2 Å². The molecule has 0 bridgehead atoms. The average molecular weight is 190 g/mol. The van der Waals surface area contributed by atoms with Crippen molar-refractivity contribution in [2.24, 2.45) is 0 Å². The summed E-state index contributed by atoms with van der Waals surface area (Å²) in [6.07, 6.45) is 1.61. The van der Waals surface area contributed by atoms with Crippen molar-refractivity contribution in [2.45, 2.75) is 6.92 Å². The summed E-state index contributed by atoms with van der Waals surface area (Å²) >= 11 is 0. The second kappa shape index (κ2) is 3.41. The van der Waals surface area contributed by atoms with Crippen LogP contribution in [0.5, 0.6) is 17.2 Å². The minimum atomic E-state index is 0.223. The fraction of sp³-hybridized carbons (Fsp3) is 0.100. The molecule has 0 amide bonds. The van der Waals surface area contributed by atoms with E-state index in [-0.39, 0.29) is 5.75 Å². The van der Waals surface area contributed by atoms with E-state index in [4.69, 9.17) is 9.84 Å². The topological polar surface area (TPSA) is 58.1 Å². The number of nitrogens with one attached hydrogen (secondary N) is 1. The second-order valence-electron chi connectivity index (χ2n) is 2.96. The van der Waals surface area contributed by atoms with Crippen molar-refractivity contribution in [1.29, 1.82) is 0 Å². The van der Waals surface area contributed by atoms with Gasteiger partial charge in [-0.15, -0.1) is 0 Å². The number of ether oxygens (including phenoxy) is 1. The standard InChI is InChI=1S/C10H10N2O2/c1-7-10(6-11-12-7)14-9-4-2-8(13)3-5-9/h2-6,13H,1H3,(H,11,12). The van der Waals surface area contributed by atoms with Crippen LogP contribution in [0.3, 0.4) is 0 Å². The van der Waals surface area contributed by atoms with Gasteiger partial charge in [-0.1, -0.05) is 0 Å². The van der Waals surface area contributed by atoms with Crippen LogP contribution in [0.1, 0.15) is 5.69 Å². The van der Waals surface area contributed by atoms with Crippen molar-refractivity contribution in [2.75, 3.05) is 0 Å². The number of aromatic hydroxyl groups is 1. The molecule has 1 heterocycles. The molecule has 2 N–H and O–H groups in total. The smallest absolute Gasteiger partial charge is 0.167 e. The summed E-state index contributed by atoms with van der Waals surface area (Å²) < 4.78 is 5.50. The number of aryl methyl sites for hydroxylation is 1. The van der Waals surface area contributed by atoms with Crippen LogP contribution in [0, 0.1) is 6.92 Å². The third-order valence-corrected chi connectivity index (χ3v) is 1.85. The van der Waals surface area contributed by atoms with Gasteiger partial charge in [-0.3, -0.25) is 5.10 Å². The number of aromatic nitrogens is 2. The van der Waals surface area contributed by atoms with E-state index in [0.717, 1.165) is 5.69 Å². The molecule has 0 radical (unpaired) electrons. The molecule has 0 spiro atoms. The lowest BCUT2D eigenvalue weighted by Gasteiger charge is -2.03. The summed E-state index contributed by atoms with van der Waals surface area (Å²) in [5, 5.41) is 15.7. The Balaban J connectivity index is 2.19. The molecule has 72 valence electrons. The van der Waals surface area contributed by atoms with E-state index >= 15 is 0 Å². The zero-order chi connectivity index (χ0) is 9.97. The quantitative estimate of drug-likeness (QED) is 0.763. The van der Waals surface area contributed by atoms with Crippen LogP contribution in [0.2, 0.25) is 0 Å². The summed E-state index contributed by atoms with van der Waals surface area (Å²) in [5.74, 6) is 1.59. The van der Waals surface area contributed by atoms with Gasteiger partial charge in [0.05, 0.1) is 11.9 Å². The minimum absolute atomic E-state index is 0.223. The van der Waals surface area contributed by atoms with E-state index in [1.807, 2.05) is 6.92 Å². The molecule has 0 unspecified atom stereocenters. The molecule has 0 aliphatic carbocycles.